The van der Waals surface area contributed by atoms with Gasteiger partial charge in [-0.15, -0.1) is 0 Å². The topological polar surface area (TPSA) is 47.0 Å². The van der Waals surface area contributed by atoms with Crippen molar-refractivity contribution >= 4 is 17.5 Å². The van der Waals surface area contributed by atoms with Crippen LogP contribution in [0.2, 0.25) is 5.02 Å². The van der Waals surface area contributed by atoms with E-state index in [0.717, 1.165) is 41.3 Å². The van der Waals surface area contributed by atoms with Crippen molar-refractivity contribution in [3.05, 3.63) is 100 Å². The van der Waals surface area contributed by atoms with E-state index in [-0.39, 0.29) is 23.7 Å². The van der Waals surface area contributed by atoms with Crippen molar-refractivity contribution in [1.82, 2.24) is 14.7 Å². The maximum Gasteiger partial charge on any atom is 0.253 e. The largest absolute Gasteiger partial charge is 0.508 e. The van der Waals surface area contributed by atoms with Crippen LogP contribution in [0.1, 0.15) is 60.8 Å². The van der Waals surface area contributed by atoms with Gasteiger partial charge in [0.1, 0.15) is 5.75 Å². The minimum Gasteiger partial charge on any atom is -0.508 e. The van der Waals surface area contributed by atoms with Crippen LogP contribution in [0.15, 0.2) is 72.8 Å². The Balaban J connectivity index is 1.62. The zero-order valence-corrected chi connectivity index (χ0v) is 23.0. The monoisotopic (exact) mass is 519 g/mol. The van der Waals surface area contributed by atoms with Gasteiger partial charge < -0.3 is 10.0 Å². The summed E-state index contributed by atoms with van der Waals surface area (Å²) in [6.07, 6.45) is 0. The smallest absolute Gasteiger partial charge is 0.253 e. The van der Waals surface area contributed by atoms with Gasteiger partial charge in [-0.25, -0.2) is 0 Å². The molecular formula is C31H38ClN3O2. The first-order valence-electron chi connectivity index (χ1n) is 13.2. The predicted octanol–water partition coefficient (Wildman–Crippen LogP) is 6.21. The van der Waals surface area contributed by atoms with Crippen LogP contribution in [0.25, 0.3) is 0 Å². The Morgan fingerprint density at radius 3 is 2.30 bits per heavy atom. The highest BCUT2D eigenvalue weighted by Gasteiger charge is 2.35. The second-order valence-corrected chi connectivity index (χ2v) is 10.4. The number of benzene rings is 3. The molecule has 6 heteroatoms. The van der Waals surface area contributed by atoms with Crippen molar-refractivity contribution in [3.8, 4) is 5.75 Å². The second-order valence-electron chi connectivity index (χ2n) is 10.0. The Kier molecular flexibility index (Phi) is 8.91. The van der Waals surface area contributed by atoms with Gasteiger partial charge in [0.15, 0.2) is 0 Å². The fourth-order valence-corrected chi connectivity index (χ4v) is 5.62. The molecule has 3 aromatic carbocycles. The summed E-state index contributed by atoms with van der Waals surface area (Å²) in [4.78, 5) is 19.7. The lowest BCUT2D eigenvalue weighted by molar-refractivity contribution is 0.0195. The van der Waals surface area contributed by atoms with Crippen molar-refractivity contribution in [2.45, 2.75) is 52.4 Å². The zero-order chi connectivity index (χ0) is 26.5. The normalized spacial score (nSPS) is 19.5. The molecule has 0 radical (unpaired) electrons. The average Bonchev–Trinajstić information content (AvgIpc) is 2.89. The average molecular weight is 520 g/mol. The predicted molar refractivity (Wildman–Crippen MR) is 151 cm³/mol. The maximum atomic E-state index is 12.9. The molecule has 0 aromatic heterocycles. The van der Waals surface area contributed by atoms with Crippen LogP contribution < -0.4 is 0 Å². The highest BCUT2D eigenvalue weighted by atomic mass is 35.5. The molecule has 4 rings (SSSR count). The van der Waals surface area contributed by atoms with Gasteiger partial charge in [0.2, 0.25) is 0 Å². The third-order valence-electron chi connectivity index (χ3n) is 7.54. The van der Waals surface area contributed by atoms with Crippen LogP contribution in [0.4, 0.5) is 0 Å². The van der Waals surface area contributed by atoms with Gasteiger partial charge in [-0.2, -0.15) is 0 Å². The SMILES string of the molecule is CCN(CC)C(=O)c1ccc([C@H](c2cccc(O)c2)N2C[C@@H](C)N(Cc3ccccc3Cl)C[C@@H]2C)cc1. The van der Waals surface area contributed by atoms with Gasteiger partial charge in [-0.05, 0) is 74.7 Å². The Bertz CT molecular complexity index is 1200. The molecule has 0 bridgehead atoms. The molecule has 0 unspecified atom stereocenters. The number of phenolic OH excluding ortho intramolecular Hbond substituents is 1. The van der Waals surface area contributed by atoms with Gasteiger partial charge in [-0.3, -0.25) is 14.6 Å². The minimum atomic E-state index is -0.0374. The van der Waals surface area contributed by atoms with E-state index in [0.29, 0.717) is 24.7 Å². The lowest BCUT2D eigenvalue weighted by atomic mass is 9.92. The highest BCUT2D eigenvalue weighted by Crippen LogP contribution is 2.35. The van der Waals surface area contributed by atoms with Crippen molar-refractivity contribution in [1.29, 1.82) is 0 Å². The van der Waals surface area contributed by atoms with E-state index in [2.05, 4.69) is 47.9 Å². The lowest BCUT2D eigenvalue weighted by Crippen LogP contribution is -2.56. The number of carbonyl (C=O) groups is 1. The molecule has 0 saturated carbocycles. The summed E-state index contributed by atoms with van der Waals surface area (Å²) in [5.74, 6) is 0.314. The first-order valence-corrected chi connectivity index (χ1v) is 13.6. The van der Waals surface area contributed by atoms with Gasteiger partial charge in [0.05, 0.1) is 6.04 Å². The standard InChI is InChI=1S/C31H38ClN3O2/c1-5-33(6-2)31(37)25-16-14-24(15-17-25)30(26-11-9-12-28(36)18-26)35-20-22(3)34(19-23(35)4)21-27-10-7-8-13-29(27)32/h7-18,22-23,30,36H,5-6,19-21H2,1-4H3/t22-,23+,30-/m1/s1. The van der Waals surface area contributed by atoms with E-state index in [4.69, 9.17) is 11.6 Å². The van der Waals surface area contributed by atoms with Crippen molar-refractivity contribution in [3.63, 3.8) is 0 Å². The van der Waals surface area contributed by atoms with Gasteiger partial charge in [-0.1, -0.05) is 54.1 Å². The Morgan fingerprint density at radius 2 is 1.65 bits per heavy atom. The molecule has 1 heterocycles. The van der Waals surface area contributed by atoms with E-state index in [1.54, 1.807) is 6.07 Å². The van der Waals surface area contributed by atoms with Crippen LogP contribution in [0.5, 0.6) is 5.75 Å². The van der Waals surface area contributed by atoms with E-state index < -0.39 is 0 Å². The van der Waals surface area contributed by atoms with Crippen molar-refractivity contribution in [2.24, 2.45) is 0 Å². The maximum absolute atomic E-state index is 12.9. The number of phenols is 1. The van der Waals surface area contributed by atoms with Crippen LogP contribution >= 0.6 is 11.6 Å². The fraction of sp³-hybridized carbons (Fsp3) is 0.387. The van der Waals surface area contributed by atoms with E-state index >= 15 is 0 Å². The highest BCUT2D eigenvalue weighted by molar-refractivity contribution is 6.31. The fourth-order valence-electron chi connectivity index (χ4n) is 5.42. The third-order valence-corrected chi connectivity index (χ3v) is 7.90. The molecule has 3 atom stereocenters. The zero-order valence-electron chi connectivity index (χ0n) is 22.3. The molecule has 5 nitrogen and oxygen atoms in total. The summed E-state index contributed by atoms with van der Waals surface area (Å²) in [5.41, 5.74) is 4.00. The molecule has 0 spiro atoms. The lowest BCUT2D eigenvalue weighted by Gasteiger charge is -2.47. The molecule has 0 aliphatic carbocycles. The Labute approximate surface area is 226 Å². The summed E-state index contributed by atoms with van der Waals surface area (Å²) in [7, 11) is 0. The van der Waals surface area contributed by atoms with E-state index in [9.17, 15) is 9.90 Å². The third kappa shape index (κ3) is 6.18. The first-order chi connectivity index (χ1) is 17.8. The van der Waals surface area contributed by atoms with Crippen LogP contribution in [-0.4, -0.2) is 64.0 Å². The summed E-state index contributed by atoms with van der Waals surface area (Å²) in [6.45, 7) is 12.5. The van der Waals surface area contributed by atoms with Gasteiger partial charge in [0, 0.05) is 55.4 Å². The summed E-state index contributed by atoms with van der Waals surface area (Å²) < 4.78 is 0. The molecule has 1 aliphatic heterocycles. The van der Waals surface area contributed by atoms with Crippen LogP contribution in [0.3, 0.4) is 0 Å². The first kappa shape index (κ1) is 27.2. The molecule has 196 valence electrons. The number of hydrogen-bond donors (Lipinski definition) is 1. The minimum absolute atomic E-state index is 0.0374. The summed E-state index contributed by atoms with van der Waals surface area (Å²) >= 11 is 6.47. The van der Waals surface area contributed by atoms with E-state index in [1.807, 2.05) is 61.2 Å². The Morgan fingerprint density at radius 1 is 0.946 bits per heavy atom. The molecular weight excluding hydrogens is 482 g/mol. The van der Waals surface area contributed by atoms with Gasteiger partial charge in [0.25, 0.3) is 5.91 Å². The number of rotatable bonds is 8. The molecule has 1 N–H and O–H groups in total. The van der Waals surface area contributed by atoms with Crippen LogP contribution in [-0.2, 0) is 6.54 Å². The van der Waals surface area contributed by atoms with Crippen molar-refractivity contribution in [2.75, 3.05) is 26.2 Å². The second kappa shape index (κ2) is 12.1. The number of nitrogens with zero attached hydrogens (tertiary/aromatic N) is 3. The molecule has 1 amide bonds. The number of halogens is 1. The number of carbonyl (C=O) groups excluding carboxylic acids is 1. The van der Waals surface area contributed by atoms with E-state index in [1.165, 1.54) is 0 Å². The molecule has 3 aromatic rings. The van der Waals surface area contributed by atoms with Gasteiger partial charge >= 0.3 is 0 Å². The number of aromatic hydroxyl groups is 1. The molecule has 1 fully saturated rings. The summed E-state index contributed by atoms with van der Waals surface area (Å²) in [6, 6.07) is 24.2. The molecule has 1 aliphatic rings. The Hall–Kier alpha value is -2.86. The quantitative estimate of drug-likeness (QED) is 0.384. The van der Waals surface area contributed by atoms with Crippen LogP contribution in [0, 0.1) is 0 Å². The molecule has 1 saturated heterocycles. The molecule has 37 heavy (non-hydrogen) atoms. The summed E-state index contributed by atoms with van der Waals surface area (Å²) in [5, 5.41) is 11.1. The van der Waals surface area contributed by atoms with Crippen molar-refractivity contribution < 1.29 is 9.90 Å². The number of hydrogen-bond acceptors (Lipinski definition) is 4. The number of piperazine rings is 1. The number of amides is 1.